The lowest BCUT2D eigenvalue weighted by atomic mass is 9.88. The molecule has 0 saturated carbocycles. The van der Waals surface area contributed by atoms with Gasteiger partial charge in [-0.2, -0.15) is 0 Å². The molecule has 0 spiro atoms. The number of aliphatic hydroxyl groups is 1. The van der Waals surface area contributed by atoms with Crippen molar-refractivity contribution in [1.82, 2.24) is 0 Å². The van der Waals surface area contributed by atoms with Gasteiger partial charge in [-0.05, 0) is 36.9 Å². The number of aryl methyl sites for hydroxylation is 1. The summed E-state index contributed by atoms with van der Waals surface area (Å²) in [4.78, 5) is 0. The second-order valence-corrected chi connectivity index (χ2v) is 4.49. The normalized spacial score (nSPS) is 29.5. The van der Waals surface area contributed by atoms with Crippen LogP contribution in [0.2, 0.25) is 0 Å². The van der Waals surface area contributed by atoms with E-state index in [4.69, 9.17) is 10.2 Å². The molecule has 0 bridgehead atoms. The van der Waals surface area contributed by atoms with Gasteiger partial charge in [-0.3, -0.25) is 0 Å². The Balaban J connectivity index is 2.38. The third kappa shape index (κ3) is 1.50. The van der Waals surface area contributed by atoms with Crippen molar-refractivity contribution in [2.45, 2.75) is 38.7 Å². The van der Waals surface area contributed by atoms with Crippen molar-refractivity contribution >= 4 is 0 Å². The topological polar surface area (TPSA) is 59.4 Å². The summed E-state index contributed by atoms with van der Waals surface area (Å²) in [7, 11) is 0. The Kier molecular flexibility index (Phi) is 2.61. The highest BCUT2D eigenvalue weighted by Gasteiger charge is 2.45. The van der Waals surface area contributed by atoms with E-state index < -0.39 is 5.60 Å². The van der Waals surface area contributed by atoms with Gasteiger partial charge in [-0.15, -0.1) is 0 Å². The fourth-order valence-corrected chi connectivity index (χ4v) is 2.48. The molecule has 0 fully saturated rings. The van der Waals surface area contributed by atoms with E-state index >= 15 is 0 Å². The quantitative estimate of drug-likeness (QED) is 0.794. The molecule has 0 aromatic carbocycles. The predicted molar refractivity (Wildman–Crippen MR) is 58.5 cm³/mol. The highest BCUT2D eigenvalue weighted by molar-refractivity contribution is 5.33. The predicted octanol–water partition coefficient (Wildman–Crippen LogP) is 1.57. The summed E-state index contributed by atoms with van der Waals surface area (Å²) < 4.78 is 5.71. The Hall–Kier alpha value is -0.800. The van der Waals surface area contributed by atoms with Gasteiger partial charge in [0.05, 0.1) is 0 Å². The molecule has 1 aromatic heterocycles. The van der Waals surface area contributed by atoms with E-state index in [0.29, 0.717) is 13.0 Å². The first-order valence-corrected chi connectivity index (χ1v) is 5.66. The second-order valence-electron chi connectivity index (χ2n) is 4.49. The van der Waals surface area contributed by atoms with Gasteiger partial charge < -0.3 is 15.3 Å². The fourth-order valence-electron chi connectivity index (χ4n) is 2.48. The van der Waals surface area contributed by atoms with Gasteiger partial charge >= 0.3 is 0 Å². The van der Waals surface area contributed by atoms with Crippen molar-refractivity contribution < 1.29 is 9.52 Å². The van der Waals surface area contributed by atoms with E-state index in [1.54, 1.807) is 0 Å². The van der Waals surface area contributed by atoms with E-state index in [1.165, 1.54) is 0 Å². The van der Waals surface area contributed by atoms with Crippen molar-refractivity contribution in [3.05, 3.63) is 23.2 Å². The van der Waals surface area contributed by atoms with Crippen LogP contribution in [-0.2, 0) is 18.4 Å². The highest BCUT2D eigenvalue weighted by Crippen LogP contribution is 2.44. The minimum Gasteiger partial charge on any atom is -0.463 e. The van der Waals surface area contributed by atoms with Crippen LogP contribution in [0.4, 0.5) is 0 Å². The van der Waals surface area contributed by atoms with Crippen LogP contribution in [0.1, 0.15) is 37.4 Å². The maximum atomic E-state index is 10.5. The molecule has 3 N–H and O–H groups in total. The first kappa shape index (κ1) is 10.7. The molecule has 2 unspecified atom stereocenters. The summed E-state index contributed by atoms with van der Waals surface area (Å²) in [5.74, 6) is 1.93. The van der Waals surface area contributed by atoms with Crippen molar-refractivity contribution in [3.63, 3.8) is 0 Å². The summed E-state index contributed by atoms with van der Waals surface area (Å²) in [6.45, 7) is 4.60. The molecular weight excluding hydrogens is 190 g/mol. The maximum Gasteiger partial charge on any atom is 0.139 e. The number of fused-ring (bicyclic) bond motifs is 1. The number of nitrogens with two attached hydrogens (primary N) is 1. The number of hydrogen-bond donors (Lipinski definition) is 2. The van der Waals surface area contributed by atoms with Gasteiger partial charge in [0, 0.05) is 6.42 Å². The lowest BCUT2D eigenvalue weighted by molar-refractivity contribution is -0.0286. The molecule has 3 nitrogen and oxygen atoms in total. The van der Waals surface area contributed by atoms with E-state index in [2.05, 4.69) is 19.9 Å². The molecule has 1 aliphatic carbocycles. The number of rotatable bonds is 3. The van der Waals surface area contributed by atoms with Crippen molar-refractivity contribution in [2.75, 3.05) is 6.54 Å². The molecule has 0 aliphatic heterocycles. The molecule has 3 heteroatoms. The third-order valence-corrected chi connectivity index (χ3v) is 3.47. The molecule has 0 saturated heterocycles. The van der Waals surface area contributed by atoms with Crippen LogP contribution in [0.15, 0.2) is 10.5 Å². The average molecular weight is 209 g/mol. The summed E-state index contributed by atoms with van der Waals surface area (Å²) >= 11 is 0. The Bertz CT molecular complexity index is 359. The van der Waals surface area contributed by atoms with Crippen LogP contribution in [0, 0.1) is 5.92 Å². The second kappa shape index (κ2) is 3.65. The van der Waals surface area contributed by atoms with E-state index in [1.807, 2.05) is 0 Å². The average Bonchev–Trinajstić information content (AvgIpc) is 2.69. The minimum absolute atomic E-state index is 0.209. The highest BCUT2D eigenvalue weighted by atomic mass is 16.4. The monoisotopic (exact) mass is 209 g/mol. The Morgan fingerprint density at radius 3 is 3.00 bits per heavy atom. The molecule has 15 heavy (non-hydrogen) atoms. The summed E-state index contributed by atoms with van der Waals surface area (Å²) in [6, 6.07) is 2.07. The zero-order valence-corrected chi connectivity index (χ0v) is 9.42. The number of hydrogen-bond acceptors (Lipinski definition) is 3. The molecule has 0 radical (unpaired) electrons. The van der Waals surface area contributed by atoms with Crippen molar-refractivity contribution in [1.29, 1.82) is 0 Å². The minimum atomic E-state index is -0.836. The van der Waals surface area contributed by atoms with Gasteiger partial charge in [-0.25, -0.2) is 0 Å². The van der Waals surface area contributed by atoms with Gasteiger partial charge in [0.15, 0.2) is 0 Å². The standard InChI is InChI=1S/C12H19NO2/c1-3-10-7-9-6-8(2)12(14,4-5-13)11(9)15-10/h7-8,14H,3-6,13H2,1-2H3. The van der Waals surface area contributed by atoms with Crippen molar-refractivity contribution in [2.24, 2.45) is 11.7 Å². The van der Waals surface area contributed by atoms with Crippen LogP contribution >= 0.6 is 0 Å². The first-order chi connectivity index (χ1) is 7.11. The molecule has 1 aliphatic rings. The van der Waals surface area contributed by atoms with Crippen LogP contribution in [0.5, 0.6) is 0 Å². The molecule has 84 valence electrons. The van der Waals surface area contributed by atoms with Gasteiger partial charge in [0.1, 0.15) is 17.1 Å². The summed E-state index contributed by atoms with van der Waals surface area (Å²) in [5.41, 5.74) is 5.88. The smallest absolute Gasteiger partial charge is 0.139 e. The van der Waals surface area contributed by atoms with Crippen LogP contribution in [0.25, 0.3) is 0 Å². The van der Waals surface area contributed by atoms with E-state index in [0.717, 1.165) is 29.9 Å². The van der Waals surface area contributed by atoms with E-state index in [-0.39, 0.29) is 5.92 Å². The lowest BCUT2D eigenvalue weighted by Crippen LogP contribution is -2.32. The Morgan fingerprint density at radius 1 is 1.67 bits per heavy atom. The third-order valence-electron chi connectivity index (χ3n) is 3.47. The fraction of sp³-hybridized carbons (Fsp3) is 0.667. The Morgan fingerprint density at radius 2 is 2.40 bits per heavy atom. The largest absolute Gasteiger partial charge is 0.463 e. The zero-order valence-electron chi connectivity index (χ0n) is 9.42. The van der Waals surface area contributed by atoms with Gasteiger partial charge in [0.2, 0.25) is 0 Å². The summed E-state index contributed by atoms with van der Waals surface area (Å²) in [6.07, 6.45) is 2.35. The summed E-state index contributed by atoms with van der Waals surface area (Å²) in [5, 5.41) is 10.5. The molecule has 2 rings (SSSR count). The van der Waals surface area contributed by atoms with Gasteiger partial charge in [0.25, 0.3) is 0 Å². The van der Waals surface area contributed by atoms with Crippen LogP contribution in [0.3, 0.4) is 0 Å². The van der Waals surface area contributed by atoms with Crippen molar-refractivity contribution in [3.8, 4) is 0 Å². The maximum absolute atomic E-state index is 10.5. The van der Waals surface area contributed by atoms with E-state index in [9.17, 15) is 5.11 Å². The van der Waals surface area contributed by atoms with Gasteiger partial charge in [-0.1, -0.05) is 13.8 Å². The SMILES string of the molecule is CCc1cc2c(o1)C(O)(CCN)C(C)C2. The molecular formula is C12H19NO2. The first-order valence-electron chi connectivity index (χ1n) is 5.66. The van der Waals surface area contributed by atoms with Crippen LogP contribution < -0.4 is 5.73 Å². The zero-order chi connectivity index (χ0) is 11.1. The Labute approximate surface area is 90.3 Å². The number of furan rings is 1. The lowest BCUT2D eigenvalue weighted by Gasteiger charge is -2.26. The molecule has 0 amide bonds. The molecule has 1 aromatic rings. The molecule has 1 heterocycles. The van der Waals surface area contributed by atoms with Crippen LogP contribution in [-0.4, -0.2) is 11.7 Å². The molecule has 2 atom stereocenters.